The van der Waals surface area contributed by atoms with Crippen molar-refractivity contribution in [3.8, 4) is 11.5 Å². The Kier molecular flexibility index (Phi) is 7.14. The van der Waals surface area contributed by atoms with Crippen LogP contribution in [0.25, 0.3) is 0 Å². The second-order valence-electron chi connectivity index (χ2n) is 6.52. The van der Waals surface area contributed by atoms with Crippen LogP contribution in [0, 0.1) is 5.92 Å². The highest BCUT2D eigenvalue weighted by Crippen LogP contribution is 2.32. The van der Waals surface area contributed by atoms with Crippen molar-refractivity contribution in [2.24, 2.45) is 5.92 Å². The Hall–Kier alpha value is -1.51. The Balaban J connectivity index is 0.00000243. The van der Waals surface area contributed by atoms with E-state index in [1.54, 1.807) is 6.07 Å². The Morgan fingerprint density at radius 3 is 2.73 bits per heavy atom. The molecule has 0 saturated carbocycles. The van der Waals surface area contributed by atoms with E-state index in [1.807, 2.05) is 0 Å². The molecule has 2 aliphatic heterocycles. The van der Waals surface area contributed by atoms with Gasteiger partial charge < -0.3 is 20.1 Å². The lowest BCUT2D eigenvalue weighted by molar-refractivity contribution is -0.121. The third kappa shape index (κ3) is 5.02. The average molecular weight is 405 g/mol. The first-order valence-electron chi connectivity index (χ1n) is 8.58. The van der Waals surface area contributed by atoms with Gasteiger partial charge in [0.2, 0.25) is 5.91 Å². The molecular weight excluding hydrogens is 380 g/mol. The van der Waals surface area contributed by atoms with Gasteiger partial charge in [-0.1, -0.05) is 6.92 Å². The molecule has 0 spiro atoms. The molecule has 1 aromatic carbocycles. The van der Waals surface area contributed by atoms with Gasteiger partial charge in [0.15, 0.2) is 21.3 Å². The minimum atomic E-state index is -3.56. The second kappa shape index (κ2) is 8.92. The highest BCUT2D eigenvalue weighted by molar-refractivity contribution is 7.91. The van der Waals surface area contributed by atoms with Crippen LogP contribution in [0.4, 0.5) is 0 Å². The number of carbonyl (C=O) groups excluding carboxylic acids is 1. The Morgan fingerprint density at radius 2 is 2.00 bits per heavy atom. The molecule has 2 atom stereocenters. The fourth-order valence-electron chi connectivity index (χ4n) is 3.02. The minimum absolute atomic E-state index is 0. The number of carbonyl (C=O) groups is 1. The zero-order valence-electron chi connectivity index (χ0n) is 14.7. The van der Waals surface area contributed by atoms with E-state index in [-0.39, 0.29) is 41.4 Å². The van der Waals surface area contributed by atoms with Crippen molar-refractivity contribution < 1.29 is 22.7 Å². The second-order valence-corrected chi connectivity index (χ2v) is 8.63. The van der Waals surface area contributed by atoms with Gasteiger partial charge in [0.05, 0.1) is 10.6 Å². The molecule has 146 valence electrons. The quantitative estimate of drug-likeness (QED) is 0.764. The van der Waals surface area contributed by atoms with Crippen LogP contribution in [0.15, 0.2) is 23.1 Å². The van der Waals surface area contributed by atoms with Crippen molar-refractivity contribution in [1.82, 2.24) is 10.6 Å². The van der Waals surface area contributed by atoms with Crippen LogP contribution in [0.3, 0.4) is 0 Å². The third-order valence-corrected chi connectivity index (χ3v) is 6.36. The smallest absolute Gasteiger partial charge is 0.221 e. The summed E-state index contributed by atoms with van der Waals surface area (Å²) in [7, 11) is -3.56. The minimum Gasteiger partial charge on any atom is -0.486 e. The van der Waals surface area contributed by atoms with Gasteiger partial charge in [0.25, 0.3) is 0 Å². The fourth-order valence-corrected chi connectivity index (χ4v) is 4.28. The number of rotatable bonds is 5. The first-order chi connectivity index (χ1) is 12.0. The van der Waals surface area contributed by atoms with Crippen LogP contribution in [-0.2, 0) is 14.6 Å². The highest BCUT2D eigenvalue weighted by Gasteiger charge is 2.24. The zero-order chi connectivity index (χ0) is 17.9. The predicted molar refractivity (Wildman–Crippen MR) is 99.9 cm³/mol. The van der Waals surface area contributed by atoms with Crippen molar-refractivity contribution in [1.29, 1.82) is 0 Å². The van der Waals surface area contributed by atoms with E-state index < -0.39 is 9.84 Å². The molecule has 1 amide bonds. The summed E-state index contributed by atoms with van der Waals surface area (Å²) in [6.07, 6.45) is 0.945. The maximum atomic E-state index is 12.5. The average Bonchev–Trinajstić information content (AvgIpc) is 2.62. The van der Waals surface area contributed by atoms with Gasteiger partial charge in [-0.05, 0) is 31.0 Å². The number of sulfone groups is 1. The Bertz CT molecular complexity index is 741. The number of ether oxygens (including phenoxy) is 2. The van der Waals surface area contributed by atoms with Crippen LogP contribution in [0.5, 0.6) is 11.5 Å². The van der Waals surface area contributed by atoms with Crippen LogP contribution in [-0.4, -0.2) is 52.4 Å². The summed E-state index contributed by atoms with van der Waals surface area (Å²) in [5, 5.41) is 6.17. The molecule has 0 bridgehead atoms. The number of nitrogens with one attached hydrogen (secondary N) is 2. The van der Waals surface area contributed by atoms with Crippen molar-refractivity contribution in [2.45, 2.75) is 30.7 Å². The molecular formula is C17H25ClN2O5S. The van der Waals surface area contributed by atoms with Crippen molar-refractivity contribution in [2.75, 3.05) is 32.1 Å². The van der Waals surface area contributed by atoms with Crippen LogP contribution < -0.4 is 20.1 Å². The number of amides is 1. The maximum Gasteiger partial charge on any atom is 0.221 e. The summed E-state index contributed by atoms with van der Waals surface area (Å²) in [4.78, 5) is 12.3. The summed E-state index contributed by atoms with van der Waals surface area (Å²) in [5.74, 6) is 0.898. The molecule has 1 fully saturated rings. The Labute approximate surface area is 160 Å². The van der Waals surface area contributed by atoms with Gasteiger partial charge in [-0.2, -0.15) is 0 Å². The lowest BCUT2D eigenvalue weighted by atomic mass is 9.95. The first kappa shape index (κ1) is 20.8. The predicted octanol–water partition coefficient (Wildman–Crippen LogP) is 1.16. The summed E-state index contributed by atoms with van der Waals surface area (Å²) >= 11 is 0. The maximum absolute atomic E-state index is 12.5. The number of piperidine rings is 1. The summed E-state index contributed by atoms with van der Waals surface area (Å²) < 4.78 is 35.8. The van der Waals surface area contributed by atoms with E-state index in [0.29, 0.717) is 30.6 Å². The van der Waals surface area contributed by atoms with E-state index in [1.165, 1.54) is 12.1 Å². The summed E-state index contributed by atoms with van der Waals surface area (Å²) in [6.45, 7) is 4.62. The number of hydrogen-bond acceptors (Lipinski definition) is 6. The third-order valence-electron chi connectivity index (χ3n) is 4.64. The molecule has 3 rings (SSSR count). The van der Waals surface area contributed by atoms with Gasteiger partial charge in [-0.15, -0.1) is 12.4 Å². The molecule has 2 N–H and O–H groups in total. The highest BCUT2D eigenvalue weighted by atomic mass is 35.5. The molecule has 1 aromatic rings. The van der Waals surface area contributed by atoms with Crippen molar-refractivity contribution in [3.05, 3.63) is 18.2 Å². The van der Waals surface area contributed by atoms with Crippen molar-refractivity contribution in [3.63, 3.8) is 0 Å². The molecule has 0 aromatic heterocycles. The molecule has 0 radical (unpaired) electrons. The summed E-state index contributed by atoms with van der Waals surface area (Å²) in [5.41, 5.74) is 0. The fraction of sp³-hybridized carbons (Fsp3) is 0.588. The molecule has 1 saturated heterocycles. The van der Waals surface area contributed by atoms with Gasteiger partial charge >= 0.3 is 0 Å². The van der Waals surface area contributed by atoms with E-state index in [2.05, 4.69) is 17.6 Å². The Morgan fingerprint density at radius 1 is 1.27 bits per heavy atom. The molecule has 7 nitrogen and oxygen atoms in total. The zero-order valence-corrected chi connectivity index (χ0v) is 16.3. The molecule has 26 heavy (non-hydrogen) atoms. The number of benzene rings is 1. The summed E-state index contributed by atoms with van der Waals surface area (Å²) in [6, 6.07) is 4.61. The van der Waals surface area contributed by atoms with E-state index >= 15 is 0 Å². The number of hydrogen-bond donors (Lipinski definition) is 2. The van der Waals surface area contributed by atoms with Gasteiger partial charge in [0.1, 0.15) is 13.2 Å². The van der Waals surface area contributed by atoms with E-state index in [0.717, 1.165) is 19.5 Å². The lowest BCUT2D eigenvalue weighted by Gasteiger charge is -2.30. The van der Waals surface area contributed by atoms with Crippen LogP contribution in [0.1, 0.15) is 19.8 Å². The molecule has 2 unspecified atom stereocenters. The first-order valence-corrected chi connectivity index (χ1v) is 10.2. The van der Waals surface area contributed by atoms with Gasteiger partial charge in [0, 0.05) is 25.1 Å². The van der Waals surface area contributed by atoms with E-state index in [9.17, 15) is 13.2 Å². The van der Waals surface area contributed by atoms with Gasteiger partial charge in [-0.3, -0.25) is 4.79 Å². The standard InChI is InChI=1S/C17H24N2O5S.ClH/c1-12-4-6-18-11-14(12)19-17(20)5-9-25(21,22)13-2-3-15-16(10-13)24-8-7-23-15;/h2-3,10,12,14,18H,4-9,11H2,1H3,(H,19,20);1H. The molecule has 2 heterocycles. The topological polar surface area (TPSA) is 93.7 Å². The molecule has 0 aliphatic carbocycles. The van der Waals surface area contributed by atoms with Crippen LogP contribution >= 0.6 is 12.4 Å². The number of fused-ring (bicyclic) bond motifs is 1. The number of halogens is 1. The normalized spacial score (nSPS) is 22.2. The van der Waals surface area contributed by atoms with Crippen molar-refractivity contribution >= 4 is 28.2 Å². The largest absolute Gasteiger partial charge is 0.486 e. The van der Waals surface area contributed by atoms with Gasteiger partial charge in [-0.25, -0.2) is 8.42 Å². The molecule has 9 heteroatoms. The molecule has 2 aliphatic rings. The lowest BCUT2D eigenvalue weighted by Crippen LogP contribution is -2.50. The monoisotopic (exact) mass is 404 g/mol. The van der Waals surface area contributed by atoms with E-state index in [4.69, 9.17) is 9.47 Å². The van der Waals surface area contributed by atoms with Crippen LogP contribution in [0.2, 0.25) is 0 Å². The SMILES string of the molecule is CC1CCNCC1NC(=O)CCS(=O)(=O)c1ccc2c(c1)OCCO2.Cl.